The van der Waals surface area contributed by atoms with Gasteiger partial charge >= 0.3 is 13.8 Å². The summed E-state index contributed by atoms with van der Waals surface area (Å²) in [6, 6.07) is -0.843. The molecule has 0 radical (unpaired) electrons. The first-order chi connectivity index (χ1) is 36.4. The van der Waals surface area contributed by atoms with Gasteiger partial charge < -0.3 is 19.4 Å². The summed E-state index contributed by atoms with van der Waals surface area (Å²) in [4.78, 5) is 37.7. The Bertz CT molecular complexity index is 1340. The highest BCUT2D eigenvalue weighted by atomic mass is 31.2. The Balaban J connectivity index is 5.13. The summed E-state index contributed by atoms with van der Waals surface area (Å²) < 4.78 is 30.7. The van der Waals surface area contributed by atoms with E-state index in [1.54, 1.807) is 0 Å². The van der Waals surface area contributed by atoms with Gasteiger partial charge in [0, 0.05) is 12.8 Å². The lowest BCUT2D eigenvalue weighted by atomic mass is 10.0. The molecule has 0 spiro atoms. The number of rotatable bonds is 60. The maximum atomic E-state index is 13.6. The summed E-state index contributed by atoms with van der Waals surface area (Å²) >= 11 is 0. The number of nitrogens with one attached hydrogen (secondary N) is 1. The lowest BCUT2D eigenvalue weighted by Gasteiger charge is -2.27. The lowest BCUT2D eigenvalue weighted by molar-refractivity contribution is -0.870. The predicted molar refractivity (Wildman–Crippen MR) is 323 cm³/mol. The maximum Gasteiger partial charge on any atom is 0.472 e. The van der Waals surface area contributed by atoms with Gasteiger partial charge in [-0.05, 0) is 57.4 Å². The molecule has 0 saturated heterocycles. The van der Waals surface area contributed by atoms with Crippen LogP contribution in [-0.2, 0) is 27.9 Å². The second-order valence-electron chi connectivity index (χ2n) is 23.6. The van der Waals surface area contributed by atoms with E-state index in [9.17, 15) is 19.0 Å². The molecule has 0 aromatic carbocycles. The van der Waals surface area contributed by atoms with E-state index < -0.39 is 20.0 Å². The number of unbranched alkanes of at least 4 members (excludes halogenated alkanes) is 42. The second kappa shape index (κ2) is 55.8. The van der Waals surface area contributed by atoms with Gasteiger partial charge in [-0.15, -0.1) is 0 Å². The SMILES string of the molecule is CCCCCCCC/C=C/CCCCCCCCCCCC(=O)NC(COP(=O)(O)OCC[N+](C)(C)C)C(/C=C/CCCCCCCCCCC)OC(=O)CCCCCCCCCCCCCCCCCCCCC. The van der Waals surface area contributed by atoms with Crippen LogP contribution in [0.2, 0.25) is 0 Å². The number of hydrogen-bond donors (Lipinski definition) is 2. The van der Waals surface area contributed by atoms with Crippen molar-refractivity contribution in [2.45, 2.75) is 341 Å². The van der Waals surface area contributed by atoms with Gasteiger partial charge in [-0.1, -0.05) is 283 Å². The zero-order valence-electron chi connectivity index (χ0n) is 50.8. The molecule has 2 N–H and O–H groups in total. The Kier molecular flexibility index (Phi) is 54.7. The van der Waals surface area contributed by atoms with E-state index in [1.165, 1.54) is 238 Å². The third-order valence-electron chi connectivity index (χ3n) is 14.9. The number of carbonyl (C=O) groups excluding carboxylic acids is 2. The Morgan fingerprint density at radius 3 is 1.13 bits per heavy atom. The lowest BCUT2D eigenvalue weighted by Crippen LogP contribution is -2.47. The smallest absolute Gasteiger partial charge is 0.456 e. The molecule has 0 fully saturated rings. The number of ether oxygens (including phenoxy) is 1. The van der Waals surface area contributed by atoms with Crippen LogP contribution in [0, 0.1) is 0 Å². The molecule has 9 nitrogen and oxygen atoms in total. The minimum absolute atomic E-state index is 0.0435. The van der Waals surface area contributed by atoms with Crippen LogP contribution in [0.25, 0.3) is 0 Å². The van der Waals surface area contributed by atoms with Crippen molar-refractivity contribution in [2.75, 3.05) is 40.9 Å². The highest BCUT2D eigenvalue weighted by molar-refractivity contribution is 7.47. The van der Waals surface area contributed by atoms with Crippen LogP contribution >= 0.6 is 7.82 Å². The van der Waals surface area contributed by atoms with Crippen LogP contribution in [0.4, 0.5) is 0 Å². The number of phosphoric acid groups is 1. The summed E-state index contributed by atoms with van der Waals surface area (Å²) in [7, 11) is 1.51. The summed E-state index contributed by atoms with van der Waals surface area (Å²) in [6.07, 6.45) is 66.0. The van der Waals surface area contributed by atoms with Crippen molar-refractivity contribution in [1.82, 2.24) is 5.32 Å². The van der Waals surface area contributed by atoms with Crippen LogP contribution in [0.1, 0.15) is 329 Å². The molecule has 0 aliphatic carbocycles. The van der Waals surface area contributed by atoms with E-state index in [0.717, 1.165) is 57.8 Å². The fourth-order valence-corrected chi connectivity index (χ4v) is 10.6. The first-order valence-corrected chi connectivity index (χ1v) is 34.2. The van der Waals surface area contributed by atoms with Gasteiger partial charge in [0.15, 0.2) is 0 Å². The van der Waals surface area contributed by atoms with E-state index in [1.807, 2.05) is 33.3 Å². The van der Waals surface area contributed by atoms with E-state index in [2.05, 4.69) is 38.2 Å². The molecule has 0 aliphatic rings. The van der Waals surface area contributed by atoms with Crippen molar-refractivity contribution in [3.05, 3.63) is 24.3 Å². The topological polar surface area (TPSA) is 111 Å². The Morgan fingerprint density at radius 1 is 0.453 bits per heavy atom. The summed E-state index contributed by atoms with van der Waals surface area (Å²) in [5.41, 5.74) is 0. The molecule has 10 heteroatoms. The van der Waals surface area contributed by atoms with Crippen LogP contribution in [0.3, 0.4) is 0 Å². The van der Waals surface area contributed by atoms with E-state index >= 15 is 0 Å². The van der Waals surface area contributed by atoms with Gasteiger partial charge in [0.2, 0.25) is 5.91 Å². The van der Waals surface area contributed by atoms with Crippen LogP contribution in [-0.4, -0.2) is 74.3 Å². The molecule has 3 atom stereocenters. The number of amides is 1. The molecular weight excluding hydrogens is 952 g/mol. The Labute approximate surface area is 466 Å². The van der Waals surface area contributed by atoms with Crippen molar-refractivity contribution >= 4 is 19.7 Å². The van der Waals surface area contributed by atoms with E-state index in [-0.39, 0.29) is 25.1 Å². The molecular formula is C65H128N2O7P+. The number of likely N-dealkylation sites (N-methyl/N-ethyl adjacent to an activating group) is 1. The average molecular weight is 1080 g/mol. The van der Waals surface area contributed by atoms with E-state index in [4.69, 9.17) is 13.8 Å². The van der Waals surface area contributed by atoms with Crippen LogP contribution in [0.5, 0.6) is 0 Å². The molecule has 0 rings (SSSR count). The number of carbonyl (C=O) groups is 2. The van der Waals surface area contributed by atoms with Gasteiger partial charge in [0.05, 0.1) is 33.8 Å². The van der Waals surface area contributed by atoms with Crippen molar-refractivity contribution in [1.29, 1.82) is 0 Å². The van der Waals surface area contributed by atoms with Gasteiger partial charge in [-0.25, -0.2) is 4.57 Å². The van der Waals surface area contributed by atoms with Crippen molar-refractivity contribution in [3.63, 3.8) is 0 Å². The molecule has 1 amide bonds. The Hall–Kier alpha value is -1.51. The number of nitrogens with zero attached hydrogens (tertiary/aromatic N) is 1. The molecule has 0 bridgehead atoms. The quantitative estimate of drug-likeness (QED) is 0.0205. The Morgan fingerprint density at radius 2 is 0.773 bits per heavy atom. The molecule has 0 heterocycles. The van der Waals surface area contributed by atoms with Crippen LogP contribution < -0.4 is 5.32 Å². The van der Waals surface area contributed by atoms with E-state index in [0.29, 0.717) is 23.9 Å². The average Bonchev–Trinajstić information content (AvgIpc) is 3.37. The minimum Gasteiger partial charge on any atom is -0.456 e. The molecule has 0 saturated carbocycles. The normalized spacial score (nSPS) is 13.7. The minimum atomic E-state index is -4.44. The fourth-order valence-electron chi connectivity index (χ4n) is 9.82. The summed E-state index contributed by atoms with van der Waals surface area (Å²) in [5, 5.41) is 3.06. The van der Waals surface area contributed by atoms with Gasteiger partial charge in [0.1, 0.15) is 19.3 Å². The highest BCUT2D eigenvalue weighted by Crippen LogP contribution is 2.43. The molecule has 3 unspecified atom stereocenters. The third-order valence-corrected chi connectivity index (χ3v) is 15.9. The first-order valence-electron chi connectivity index (χ1n) is 32.7. The number of allylic oxidation sites excluding steroid dienone is 3. The number of phosphoric ester groups is 1. The maximum absolute atomic E-state index is 13.6. The number of hydrogen-bond acceptors (Lipinski definition) is 6. The fraction of sp³-hybridized carbons (Fsp3) is 0.908. The zero-order valence-corrected chi connectivity index (χ0v) is 51.7. The van der Waals surface area contributed by atoms with Gasteiger partial charge in [-0.3, -0.25) is 18.6 Å². The van der Waals surface area contributed by atoms with Gasteiger partial charge in [0.25, 0.3) is 0 Å². The zero-order chi connectivity index (χ0) is 55.0. The molecule has 0 aromatic heterocycles. The van der Waals surface area contributed by atoms with Crippen LogP contribution in [0.15, 0.2) is 24.3 Å². The van der Waals surface area contributed by atoms with Crippen molar-refractivity contribution < 1.29 is 37.3 Å². The summed E-state index contributed by atoms with van der Waals surface area (Å²) in [6.45, 7) is 7.05. The molecule has 0 aliphatic heterocycles. The highest BCUT2D eigenvalue weighted by Gasteiger charge is 2.30. The number of esters is 1. The third kappa shape index (κ3) is 57.0. The largest absolute Gasteiger partial charge is 0.472 e. The number of quaternary nitrogens is 1. The first kappa shape index (κ1) is 73.5. The van der Waals surface area contributed by atoms with Crippen molar-refractivity contribution in [3.8, 4) is 0 Å². The molecule has 0 aromatic rings. The standard InChI is InChI=1S/C65H127N2O7P/c1-7-10-13-16-19-22-25-27-29-31-33-35-37-39-42-45-48-51-54-57-64(68)66-62(61-73-75(70,71)72-60-59-67(4,5)6)63(56-53-50-47-44-41-24-21-18-15-12-9-3)74-65(69)58-55-52-49-46-43-40-38-36-34-32-30-28-26-23-20-17-14-11-8-2/h27,29,53,56,62-63H,7-26,28,30-52,54-55,57-61H2,1-6H3,(H-,66,68,70,71)/p+1/b29-27+,56-53+. The monoisotopic (exact) mass is 1080 g/mol. The summed E-state index contributed by atoms with van der Waals surface area (Å²) in [5.74, 6) is -0.489. The molecule has 75 heavy (non-hydrogen) atoms. The predicted octanol–water partition coefficient (Wildman–Crippen LogP) is 20.1. The van der Waals surface area contributed by atoms with Crippen molar-refractivity contribution in [2.24, 2.45) is 0 Å². The molecule has 444 valence electrons. The van der Waals surface area contributed by atoms with Gasteiger partial charge in [-0.2, -0.15) is 0 Å². The second-order valence-corrected chi connectivity index (χ2v) is 25.1.